The average molecular weight is 356 g/mol. The molecule has 4 nitrogen and oxygen atoms in total. The number of hydrogen-bond donors (Lipinski definition) is 2. The Kier molecular flexibility index (Phi) is 8.71. The van der Waals surface area contributed by atoms with E-state index in [0.717, 1.165) is 0 Å². The molecule has 7 heteroatoms. The van der Waals surface area contributed by atoms with E-state index in [1.807, 2.05) is 14.0 Å². The second kappa shape index (κ2) is 9.12. The number of rotatable bonds is 6. The summed E-state index contributed by atoms with van der Waals surface area (Å²) >= 11 is 3.14. The van der Waals surface area contributed by atoms with Gasteiger partial charge >= 0.3 is 0 Å². The summed E-state index contributed by atoms with van der Waals surface area (Å²) in [5.41, 5.74) is 0. The number of hydrogen-bond acceptors (Lipinski definition) is 3. The van der Waals surface area contributed by atoms with Crippen LogP contribution in [0.3, 0.4) is 0 Å². The predicted molar refractivity (Wildman–Crippen MR) is 78.4 cm³/mol. The monoisotopic (exact) mass is 354 g/mol. The smallest absolute Gasteiger partial charge is 0.257 e. The third-order valence-corrected chi connectivity index (χ3v) is 2.84. The minimum Gasteiger partial charge on any atom is -0.481 e. The van der Waals surface area contributed by atoms with Crippen LogP contribution >= 0.6 is 28.3 Å². The summed E-state index contributed by atoms with van der Waals surface area (Å²) in [5, 5.41) is 5.66. The van der Waals surface area contributed by atoms with Crippen molar-refractivity contribution in [3.8, 4) is 5.75 Å². The molecule has 0 aliphatic heterocycles. The SMILES string of the molecule is CNC(C)CNC(=O)COc1ccc(Br)cc1F.Cl. The number of amides is 1. The number of ether oxygens (including phenoxy) is 1. The Labute approximate surface area is 126 Å². The molecule has 0 spiro atoms. The van der Waals surface area contributed by atoms with Gasteiger partial charge in [-0.1, -0.05) is 15.9 Å². The molecule has 1 aromatic rings. The van der Waals surface area contributed by atoms with Gasteiger partial charge in [-0.2, -0.15) is 0 Å². The van der Waals surface area contributed by atoms with E-state index in [2.05, 4.69) is 26.6 Å². The highest BCUT2D eigenvalue weighted by atomic mass is 79.9. The van der Waals surface area contributed by atoms with Crippen molar-refractivity contribution in [1.82, 2.24) is 10.6 Å². The van der Waals surface area contributed by atoms with Gasteiger partial charge in [0.05, 0.1) is 0 Å². The van der Waals surface area contributed by atoms with Gasteiger partial charge in [-0.25, -0.2) is 4.39 Å². The van der Waals surface area contributed by atoms with Gasteiger partial charge in [0.15, 0.2) is 18.2 Å². The van der Waals surface area contributed by atoms with E-state index >= 15 is 0 Å². The Bertz CT molecular complexity index is 421. The van der Waals surface area contributed by atoms with Crippen LogP contribution in [0, 0.1) is 5.82 Å². The first-order valence-corrected chi connectivity index (χ1v) is 6.34. The van der Waals surface area contributed by atoms with E-state index in [9.17, 15) is 9.18 Å². The maximum absolute atomic E-state index is 13.4. The van der Waals surface area contributed by atoms with Crippen molar-refractivity contribution in [3.05, 3.63) is 28.5 Å². The van der Waals surface area contributed by atoms with Gasteiger partial charge in [-0.3, -0.25) is 4.79 Å². The molecule has 0 aliphatic rings. The lowest BCUT2D eigenvalue weighted by atomic mass is 10.3. The summed E-state index contributed by atoms with van der Waals surface area (Å²) in [6.07, 6.45) is 0. The molecule has 108 valence electrons. The zero-order valence-electron chi connectivity index (χ0n) is 10.7. The Morgan fingerprint density at radius 3 is 2.79 bits per heavy atom. The predicted octanol–water partition coefficient (Wildman–Crippen LogP) is 2.11. The van der Waals surface area contributed by atoms with E-state index in [1.165, 1.54) is 12.1 Å². The van der Waals surface area contributed by atoms with Gasteiger partial charge in [0.25, 0.3) is 5.91 Å². The average Bonchev–Trinajstić information content (AvgIpc) is 2.34. The molecule has 1 amide bonds. The van der Waals surface area contributed by atoms with Gasteiger partial charge < -0.3 is 15.4 Å². The van der Waals surface area contributed by atoms with Crippen LogP contribution in [-0.2, 0) is 4.79 Å². The first-order valence-electron chi connectivity index (χ1n) is 5.54. The Balaban J connectivity index is 0.00000324. The zero-order chi connectivity index (χ0) is 13.5. The van der Waals surface area contributed by atoms with Gasteiger partial charge in [-0.15, -0.1) is 12.4 Å². The molecule has 1 atom stereocenters. The molecule has 1 aromatic carbocycles. The highest BCUT2D eigenvalue weighted by Gasteiger charge is 2.08. The summed E-state index contributed by atoms with van der Waals surface area (Å²) in [4.78, 5) is 11.4. The molecular weight excluding hydrogens is 338 g/mol. The third-order valence-electron chi connectivity index (χ3n) is 2.35. The normalized spacial score (nSPS) is 11.4. The van der Waals surface area contributed by atoms with Crippen LogP contribution in [0.4, 0.5) is 4.39 Å². The number of benzene rings is 1. The third kappa shape index (κ3) is 6.75. The van der Waals surface area contributed by atoms with Gasteiger partial charge in [0.2, 0.25) is 0 Å². The molecule has 0 saturated carbocycles. The zero-order valence-corrected chi connectivity index (χ0v) is 13.1. The van der Waals surface area contributed by atoms with Crippen molar-refractivity contribution in [2.75, 3.05) is 20.2 Å². The van der Waals surface area contributed by atoms with Crippen LogP contribution in [0.5, 0.6) is 5.75 Å². The molecule has 0 saturated heterocycles. The number of nitrogens with one attached hydrogen (secondary N) is 2. The standard InChI is InChI=1S/C12H16BrFN2O2.ClH/c1-8(15-2)6-16-12(17)7-18-11-4-3-9(13)5-10(11)14;/h3-5,8,15H,6-7H2,1-2H3,(H,16,17);1H. The van der Waals surface area contributed by atoms with Gasteiger partial charge in [-0.05, 0) is 32.2 Å². The van der Waals surface area contributed by atoms with E-state index in [4.69, 9.17) is 4.74 Å². The molecule has 0 bridgehead atoms. The van der Waals surface area contributed by atoms with Crippen molar-refractivity contribution in [3.63, 3.8) is 0 Å². The summed E-state index contributed by atoms with van der Waals surface area (Å²) in [5.74, 6) is -0.713. The van der Waals surface area contributed by atoms with Crippen molar-refractivity contribution in [2.24, 2.45) is 0 Å². The fraction of sp³-hybridized carbons (Fsp3) is 0.417. The fourth-order valence-electron chi connectivity index (χ4n) is 1.16. The highest BCUT2D eigenvalue weighted by molar-refractivity contribution is 9.10. The largest absolute Gasteiger partial charge is 0.481 e. The summed E-state index contributed by atoms with van der Waals surface area (Å²) in [6, 6.07) is 4.59. The molecular formula is C12H17BrClFN2O2. The molecule has 1 unspecified atom stereocenters. The van der Waals surface area contributed by atoms with Crippen LogP contribution < -0.4 is 15.4 Å². The topological polar surface area (TPSA) is 50.4 Å². The number of halogens is 3. The van der Waals surface area contributed by atoms with Crippen molar-refractivity contribution in [2.45, 2.75) is 13.0 Å². The number of carbonyl (C=O) groups is 1. The van der Waals surface area contributed by atoms with Crippen molar-refractivity contribution >= 4 is 34.2 Å². The van der Waals surface area contributed by atoms with Crippen LogP contribution in [0.2, 0.25) is 0 Å². The molecule has 1 rings (SSSR count). The Morgan fingerprint density at radius 1 is 1.53 bits per heavy atom. The lowest BCUT2D eigenvalue weighted by Crippen LogP contribution is -2.39. The minimum absolute atomic E-state index is 0. The fourth-order valence-corrected chi connectivity index (χ4v) is 1.49. The molecule has 0 aliphatic carbocycles. The van der Waals surface area contributed by atoms with Crippen LogP contribution in [0.25, 0.3) is 0 Å². The summed E-state index contributed by atoms with van der Waals surface area (Å²) in [6.45, 7) is 2.24. The molecule has 0 fully saturated rings. The minimum atomic E-state index is -0.499. The molecule has 0 aromatic heterocycles. The maximum atomic E-state index is 13.4. The van der Waals surface area contributed by atoms with Crippen LogP contribution in [0.15, 0.2) is 22.7 Å². The van der Waals surface area contributed by atoms with Crippen LogP contribution in [0.1, 0.15) is 6.92 Å². The van der Waals surface area contributed by atoms with Gasteiger partial charge in [0, 0.05) is 17.1 Å². The second-order valence-corrected chi connectivity index (χ2v) is 4.77. The molecule has 0 radical (unpaired) electrons. The quantitative estimate of drug-likeness (QED) is 0.822. The Morgan fingerprint density at radius 2 is 2.21 bits per heavy atom. The van der Waals surface area contributed by atoms with Crippen LogP contribution in [-0.4, -0.2) is 32.1 Å². The maximum Gasteiger partial charge on any atom is 0.257 e. The van der Waals surface area contributed by atoms with Crippen molar-refractivity contribution in [1.29, 1.82) is 0 Å². The highest BCUT2D eigenvalue weighted by Crippen LogP contribution is 2.21. The number of carbonyl (C=O) groups excluding carboxylic acids is 1. The van der Waals surface area contributed by atoms with E-state index in [1.54, 1.807) is 6.07 Å². The Hall–Kier alpha value is -0.850. The second-order valence-electron chi connectivity index (χ2n) is 3.86. The van der Waals surface area contributed by atoms with Gasteiger partial charge in [0.1, 0.15) is 0 Å². The molecule has 19 heavy (non-hydrogen) atoms. The molecule has 2 N–H and O–H groups in total. The lowest BCUT2D eigenvalue weighted by molar-refractivity contribution is -0.123. The molecule has 0 heterocycles. The van der Waals surface area contributed by atoms with E-state index in [-0.39, 0.29) is 36.7 Å². The number of likely N-dealkylation sites (N-methyl/N-ethyl adjacent to an activating group) is 1. The first kappa shape index (κ1) is 18.1. The van der Waals surface area contributed by atoms with E-state index in [0.29, 0.717) is 11.0 Å². The summed E-state index contributed by atoms with van der Waals surface area (Å²) in [7, 11) is 1.81. The summed E-state index contributed by atoms with van der Waals surface area (Å²) < 4.78 is 19.1. The van der Waals surface area contributed by atoms with E-state index < -0.39 is 5.82 Å². The van der Waals surface area contributed by atoms with Crippen molar-refractivity contribution < 1.29 is 13.9 Å². The first-order chi connectivity index (χ1) is 8.52. The lowest BCUT2D eigenvalue weighted by Gasteiger charge is -2.12.